The molecule has 0 aromatic carbocycles. The molecule has 0 saturated carbocycles. The third kappa shape index (κ3) is 9.10. The van der Waals surface area contributed by atoms with Gasteiger partial charge in [-0.2, -0.15) is 0 Å². The quantitative estimate of drug-likeness (QED) is 0.0739. The van der Waals surface area contributed by atoms with Gasteiger partial charge in [-0.15, -0.1) is 0 Å². The summed E-state index contributed by atoms with van der Waals surface area (Å²) in [6.45, 7) is 0. The second kappa shape index (κ2) is 12.1. The van der Waals surface area contributed by atoms with Crippen LogP contribution in [0.1, 0.15) is 25.7 Å². The molecule has 0 aromatic rings. The Hall–Kier alpha value is -3.30. The summed E-state index contributed by atoms with van der Waals surface area (Å²) in [6.07, 6.45) is -1.07. The summed E-state index contributed by atoms with van der Waals surface area (Å²) in [5, 5.41) is 12.7. The van der Waals surface area contributed by atoms with Crippen LogP contribution in [0.4, 0.5) is 0 Å². The molecule has 0 spiro atoms. The molecule has 0 saturated heterocycles. The van der Waals surface area contributed by atoms with Gasteiger partial charge in [-0.05, 0) is 12.8 Å². The van der Waals surface area contributed by atoms with E-state index < -0.39 is 47.6 Å². The first-order valence-corrected chi connectivity index (χ1v) is 7.49. The Kier molecular flexibility index (Phi) is 10.6. The number of nitrogens with two attached hydrogens (primary N) is 3. The number of carboxylic acids is 1. The van der Waals surface area contributed by atoms with Gasteiger partial charge in [0.15, 0.2) is 0 Å². The number of hydrazine groups is 3. The summed E-state index contributed by atoms with van der Waals surface area (Å²) in [6, 6.07) is -2.75. The highest BCUT2D eigenvalue weighted by atomic mass is 16.4. The smallest absolute Gasteiger partial charge is 0.394 e. The normalized spacial score (nSPS) is 12.1. The highest BCUT2D eigenvalue weighted by Crippen LogP contribution is 2.03. The first kappa shape index (κ1) is 23.7. The lowest BCUT2D eigenvalue weighted by Gasteiger charge is -2.22. The molecule has 0 radical (unpaired) electrons. The zero-order valence-corrected chi connectivity index (χ0v) is 14.1. The molecule has 0 fully saturated rings. The van der Waals surface area contributed by atoms with E-state index in [2.05, 4.69) is 5.32 Å². The van der Waals surface area contributed by atoms with Crippen molar-refractivity contribution in [1.82, 2.24) is 26.9 Å². The second-order valence-electron chi connectivity index (χ2n) is 5.11. The summed E-state index contributed by atoms with van der Waals surface area (Å²) in [5.41, 5.74) is 5.43. The predicted octanol–water partition coefficient (Wildman–Crippen LogP) is -5.43. The fourth-order valence-electron chi connectivity index (χ4n) is 1.83. The van der Waals surface area contributed by atoms with Crippen LogP contribution in [-0.4, -0.2) is 52.7 Å². The first-order valence-electron chi connectivity index (χ1n) is 7.49. The van der Waals surface area contributed by atoms with Gasteiger partial charge < -0.3 is 15.7 Å². The Balaban J connectivity index is 5.17. The van der Waals surface area contributed by atoms with Crippen molar-refractivity contribution >= 4 is 35.5 Å². The Morgan fingerprint density at radius 2 is 1.15 bits per heavy atom. The van der Waals surface area contributed by atoms with Crippen LogP contribution in [0.5, 0.6) is 0 Å². The molecular weight excluding hydrogens is 368 g/mol. The van der Waals surface area contributed by atoms with E-state index in [9.17, 15) is 28.8 Å². The molecule has 15 heteroatoms. The number of carbonyl (C=O) groups excluding carboxylic acids is 5. The minimum Gasteiger partial charge on any atom is -0.474 e. The fraction of sp³-hybridized carbons (Fsp3) is 0.500. The minimum absolute atomic E-state index is 0.194. The summed E-state index contributed by atoms with van der Waals surface area (Å²) < 4.78 is 0. The topological polar surface area (TPSA) is 261 Å². The Morgan fingerprint density at radius 3 is 1.52 bits per heavy atom. The lowest BCUT2D eigenvalue weighted by molar-refractivity contribution is -0.151. The standard InChI is InChI=1S/C12H22N8O7/c13-18-7(21)3-1-5(17-11(25)12(26)27)9(23)16-6(10(24)20-15)2-4-8(22)19-14/h5-6H,1-4,13-15H2,(H,16,23)(H,17,25)(H,18,21)(H,19,22)(H,20,24)(H,26,27)/t5-,6-/m0/s1. The van der Waals surface area contributed by atoms with Crippen LogP contribution in [0.15, 0.2) is 0 Å². The van der Waals surface area contributed by atoms with Crippen molar-refractivity contribution in [2.45, 2.75) is 37.8 Å². The Labute approximate surface area is 152 Å². The van der Waals surface area contributed by atoms with Gasteiger partial charge in [-0.3, -0.25) is 40.3 Å². The lowest BCUT2D eigenvalue weighted by atomic mass is 10.1. The van der Waals surface area contributed by atoms with Crippen LogP contribution in [0, 0.1) is 0 Å². The number of aliphatic carboxylic acids is 1. The Morgan fingerprint density at radius 1 is 0.704 bits per heavy atom. The number of hydrogen-bond acceptors (Lipinski definition) is 9. The van der Waals surface area contributed by atoms with E-state index in [0.29, 0.717) is 0 Å². The van der Waals surface area contributed by atoms with E-state index in [0.717, 1.165) is 0 Å². The maximum atomic E-state index is 12.3. The molecular formula is C12H22N8O7. The number of hydrogen-bond donors (Lipinski definition) is 9. The maximum Gasteiger partial charge on any atom is 0.394 e. The Bertz CT molecular complexity index is 596. The molecule has 0 aliphatic carbocycles. The summed E-state index contributed by atoms with van der Waals surface area (Å²) in [5.74, 6) is 8.37. The fourth-order valence-corrected chi connectivity index (χ4v) is 1.83. The highest BCUT2D eigenvalue weighted by Gasteiger charge is 2.28. The zero-order valence-electron chi connectivity index (χ0n) is 14.1. The molecule has 0 rings (SSSR count). The van der Waals surface area contributed by atoms with Crippen molar-refractivity contribution < 1.29 is 33.9 Å². The van der Waals surface area contributed by atoms with E-state index in [4.69, 9.17) is 22.6 Å². The van der Waals surface area contributed by atoms with Gasteiger partial charge in [0, 0.05) is 12.8 Å². The van der Waals surface area contributed by atoms with Crippen molar-refractivity contribution in [1.29, 1.82) is 0 Å². The monoisotopic (exact) mass is 390 g/mol. The first-order chi connectivity index (χ1) is 12.7. The van der Waals surface area contributed by atoms with Gasteiger partial charge in [-0.1, -0.05) is 0 Å². The number of rotatable bonds is 10. The van der Waals surface area contributed by atoms with Crippen molar-refractivity contribution in [3.63, 3.8) is 0 Å². The van der Waals surface area contributed by atoms with Crippen LogP contribution < -0.4 is 44.4 Å². The third-order valence-corrected chi connectivity index (χ3v) is 3.23. The number of amides is 5. The summed E-state index contributed by atoms with van der Waals surface area (Å²) >= 11 is 0. The van der Waals surface area contributed by atoms with Gasteiger partial charge in [0.25, 0.3) is 5.91 Å². The molecule has 27 heavy (non-hydrogen) atoms. The van der Waals surface area contributed by atoms with Crippen LogP contribution in [0.3, 0.4) is 0 Å². The van der Waals surface area contributed by atoms with Crippen molar-refractivity contribution in [3.8, 4) is 0 Å². The van der Waals surface area contributed by atoms with Gasteiger partial charge in [0.2, 0.25) is 17.7 Å². The lowest BCUT2D eigenvalue weighted by Crippen LogP contribution is -2.55. The second-order valence-corrected chi connectivity index (χ2v) is 5.11. The molecule has 15 nitrogen and oxygen atoms in total. The highest BCUT2D eigenvalue weighted by molar-refractivity contribution is 6.32. The van der Waals surface area contributed by atoms with Gasteiger partial charge >= 0.3 is 11.9 Å². The summed E-state index contributed by atoms with van der Waals surface area (Å²) in [7, 11) is 0. The van der Waals surface area contributed by atoms with E-state index >= 15 is 0 Å². The average Bonchev–Trinajstić information content (AvgIpc) is 2.66. The van der Waals surface area contributed by atoms with Gasteiger partial charge in [0.05, 0.1) is 0 Å². The van der Waals surface area contributed by atoms with Crippen LogP contribution in [0.2, 0.25) is 0 Å². The van der Waals surface area contributed by atoms with Gasteiger partial charge in [0.1, 0.15) is 12.1 Å². The van der Waals surface area contributed by atoms with Crippen molar-refractivity contribution in [2.75, 3.05) is 0 Å². The van der Waals surface area contributed by atoms with Crippen LogP contribution >= 0.6 is 0 Å². The van der Waals surface area contributed by atoms with Crippen LogP contribution in [0.25, 0.3) is 0 Å². The largest absolute Gasteiger partial charge is 0.474 e. The minimum atomic E-state index is -1.85. The summed E-state index contributed by atoms with van der Waals surface area (Å²) in [4.78, 5) is 68.4. The molecule has 5 amide bonds. The average molecular weight is 390 g/mol. The molecule has 0 aliphatic heterocycles. The molecule has 0 bridgehead atoms. The van der Waals surface area contributed by atoms with E-state index in [1.54, 1.807) is 10.9 Å². The third-order valence-electron chi connectivity index (χ3n) is 3.23. The molecule has 2 atom stereocenters. The number of carbonyl (C=O) groups is 6. The van der Waals surface area contributed by atoms with E-state index in [1.165, 1.54) is 0 Å². The SMILES string of the molecule is NNC(=O)CC[C@H](NC(=O)C(=O)O)C(=O)N[C@@H](CCC(=O)NN)C(=O)NN. The van der Waals surface area contributed by atoms with E-state index in [1.807, 2.05) is 10.7 Å². The van der Waals surface area contributed by atoms with E-state index in [-0.39, 0.29) is 25.7 Å². The maximum absolute atomic E-state index is 12.3. The predicted molar refractivity (Wildman–Crippen MR) is 87.0 cm³/mol. The number of carboxylic acid groups (broad SMARTS) is 1. The van der Waals surface area contributed by atoms with Gasteiger partial charge in [-0.25, -0.2) is 22.3 Å². The molecule has 0 unspecified atom stereocenters. The number of nitrogens with one attached hydrogen (secondary N) is 5. The molecule has 0 aromatic heterocycles. The van der Waals surface area contributed by atoms with Crippen molar-refractivity contribution in [3.05, 3.63) is 0 Å². The zero-order chi connectivity index (χ0) is 21.0. The van der Waals surface area contributed by atoms with Crippen LogP contribution in [-0.2, 0) is 28.8 Å². The molecule has 152 valence electrons. The molecule has 0 aliphatic rings. The van der Waals surface area contributed by atoms with Crippen molar-refractivity contribution in [2.24, 2.45) is 17.5 Å². The molecule has 0 heterocycles. The molecule has 12 N–H and O–H groups in total.